The van der Waals surface area contributed by atoms with E-state index in [2.05, 4.69) is 37.4 Å². The monoisotopic (exact) mass is 232 g/mol. The smallest absolute Gasteiger partial charge is 0.120 e. The van der Waals surface area contributed by atoms with Crippen molar-refractivity contribution < 1.29 is 4.79 Å². The van der Waals surface area contributed by atoms with E-state index in [9.17, 15) is 4.79 Å². The van der Waals surface area contributed by atoms with Crippen molar-refractivity contribution in [2.24, 2.45) is 5.92 Å². The van der Waals surface area contributed by atoms with Crippen LogP contribution in [0.15, 0.2) is 0 Å². The van der Waals surface area contributed by atoms with Crippen LogP contribution in [0.25, 0.3) is 0 Å². The van der Waals surface area contributed by atoms with E-state index in [4.69, 9.17) is 0 Å². The minimum absolute atomic E-state index is 0.301. The van der Waals surface area contributed by atoms with Gasteiger partial charge < -0.3 is 4.79 Å². The van der Waals surface area contributed by atoms with E-state index in [1.807, 2.05) is 0 Å². The summed E-state index contributed by atoms with van der Waals surface area (Å²) >= 11 is 4.12. The number of rotatable bonds is 5. The summed E-state index contributed by atoms with van der Waals surface area (Å²) in [6, 6.07) is 0. The molecule has 0 aromatic rings. The van der Waals surface area contributed by atoms with E-state index >= 15 is 0 Å². The fourth-order valence-corrected chi connectivity index (χ4v) is 5.25. The van der Waals surface area contributed by atoms with Gasteiger partial charge in [0, 0.05) is 6.42 Å². The summed E-state index contributed by atoms with van der Waals surface area (Å²) in [6.45, 7) is 4.53. The largest absolute Gasteiger partial charge is 0.303 e. The highest BCUT2D eigenvalue weighted by Gasteiger charge is 2.35. The SMILES string of the molecule is CCCC(CC=O)C1(C)SCCCS1. The summed E-state index contributed by atoms with van der Waals surface area (Å²) in [6.07, 6.45) is 5.54. The molecule has 1 aliphatic rings. The fourth-order valence-electron chi connectivity index (χ4n) is 1.94. The van der Waals surface area contributed by atoms with Gasteiger partial charge in [-0.3, -0.25) is 0 Å². The van der Waals surface area contributed by atoms with Crippen LogP contribution in [0.4, 0.5) is 0 Å². The third kappa shape index (κ3) is 3.20. The maximum Gasteiger partial charge on any atom is 0.120 e. The summed E-state index contributed by atoms with van der Waals surface area (Å²) in [5, 5.41) is 0. The molecule has 1 saturated heterocycles. The molecule has 1 atom stereocenters. The molecule has 0 N–H and O–H groups in total. The van der Waals surface area contributed by atoms with Gasteiger partial charge in [0.25, 0.3) is 0 Å². The quantitative estimate of drug-likeness (QED) is 0.674. The number of thioether (sulfide) groups is 2. The maximum absolute atomic E-state index is 10.7. The van der Waals surface area contributed by atoms with Crippen LogP contribution in [-0.2, 0) is 4.79 Å². The van der Waals surface area contributed by atoms with E-state index in [1.54, 1.807) is 0 Å². The molecule has 1 unspecified atom stereocenters. The minimum atomic E-state index is 0.301. The molecule has 14 heavy (non-hydrogen) atoms. The van der Waals surface area contributed by atoms with E-state index in [0.29, 0.717) is 10.00 Å². The molecule has 0 aromatic carbocycles. The molecule has 82 valence electrons. The summed E-state index contributed by atoms with van der Waals surface area (Å²) in [4.78, 5) is 10.7. The summed E-state index contributed by atoms with van der Waals surface area (Å²) in [7, 11) is 0. The predicted octanol–water partition coefficient (Wildman–Crippen LogP) is 3.58. The van der Waals surface area contributed by atoms with Crippen LogP contribution < -0.4 is 0 Å². The summed E-state index contributed by atoms with van der Waals surface area (Å²) in [5.41, 5.74) is 0. The van der Waals surface area contributed by atoms with Gasteiger partial charge in [-0.2, -0.15) is 0 Å². The predicted molar refractivity (Wildman–Crippen MR) is 67.0 cm³/mol. The van der Waals surface area contributed by atoms with Gasteiger partial charge in [0.1, 0.15) is 6.29 Å². The Morgan fingerprint density at radius 1 is 1.43 bits per heavy atom. The average Bonchev–Trinajstić information content (AvgIpc) is 2.19. The lowest BCUT2D eigenvalue weighted by Crippen LogP contribution is -2.31. The molecular weight excluding hydrogens is 212 g/mol. The van der Waals surface area contributed by atoms with Crippen molar-refractivity contribution in [1.82, 2.24) is 0 Å². The standard InChI is InChI=1S/C11H20OS2/c1-3-5-10(6-7-12)11(2)13-8-4-9-14-11/h7,10H,3-6,8-9H2,1-2H3. The van der Waals surface area contributed by atoms with Crippen molar-refractivity contribution in [3.8, 4) is 0 Å². The highest BCUT2D eigenvalue weighted by molar-refractivity contribution is 8.18. The Bertz CT molecular complexity index is 176. The lowest BCUT2D eigenvalue weighted by atomic mass is 9.97. The van der Waals surface area contributed by atoms with Crippen LogP contribution in [0.3, 0.4) is 0 Å². The molecule has 0 spiro atoms. The van der Waals surface area contributed by atoms with Crippen molar-refractivity contribution in [3.63, 3.8) is 0 Å². The normalized spacial score (nSPS) is 23.0. The van der Waals surface area contributed by atoms with Gasteiger partial charge in [0.05, 0.1) is 4.08 Å². The Balaban J connectivity index is 2.57. The zero-order valence-electron chi connectivity index (χ0n) is 9.12. The van der Waals surface area contributed by atoms with Crippen molar-refractivity contribution in [2.45, 2.75) is 43.6 Å². The highest BCUT2D eigenvalue weighted by Crippen LogP contribution is 2.49. The summed E-state index contributed by atoms with van der Waals surface area (Å²) < 4.78 is 0.301. The zero-order valence-corrected chi connectivity index (χ0v) is 10.8. The second-order valence-corrected chi connectivity index (χ2v) is 7.30. The number of hydrogen-bond donors (Lipinski definition) is 0. The van der Waals surface area contributed by atoms with Gasteiger partial charge in [-0.15, -0.1) is 23.5 Å². The van der Waals surface area contributed by atoms with Crippen LogP contribution in [0.5, 0.6) is 0 Å². The third-order valence-electron chi connectivity index (χ3n) is 2.83. The highest BCUT2D eigenvalue weighted by atomic mass is 32.2. The van der Waals surface area contributed by atoms with Crippen LogP contribution in [-0.4, -0.2) is 21.9 Å². The second kappa shape index (κ2) is 6.06. The summed E-state index contributed by atoms with van der Waals surface area (Å²) in [5.74, 6) is 3.10. The van der Waals surface area contributed by atoms with E-state index in [-0.39, 0.29) is 0 Å². The van der Waals surface area contributed by atoms with Gasteiger partial charge in [0.15, 0.2) is 0 Å². The molecule has 0 radical (unpaired) electrons. The van der Waals surface area contributed by atoms with Crippen LogP contribution >= 0.6 is 23.5 Å². The van der Waals surface area contributed by atoms with Crippen molar-refractivity contribution in [1.29, 1.82) is 0 Å². The Morgan fingerprint density at radius 2 is 2.07 bits per heavy atom. The lowest BCUT2D eigenvalue weighted by molar-refractivity contribution is -0.108. The van der Waals surface area contributed by atoms with Crippen molar-refractivity contribution in [3.05, 3.63) is 0 Å². The fraction of sp³-hybridized carbons (Fsp3) is 0.909. The molecule has 0 amide bonds. The number of hydrogen-bond acceptors (Lipinski definition) is 3. The minimum Gasteiger partial charge on any atom is -0.303 e. The molecule has 3 heteroatoms. The zero-order chi connectivity index (χ0) is 10.4. The Kier molecular flexibility index (Phi) is 5.39. The van der Waals surface area contributed by atoms with Gasteiger partial charge in [-0.05, 0) is 37.2 Å². The first kappa shape index (κ1) is 12.4. The van der Waals surface area contributed by atoms with Gasteiger partial charge in [0.2, 0.25) is 0 Å². The third-order valence-corrected chi connectivity index (χ3v) is 6.33. The first-order valence-electron chi connectivity index (χ1n) is 5.44. The molecule has 0 saturated carbocycles. The molecule has 0 aliphatic carbocycles. The Morgan fingerprint density at radius 3 is 2.57 bits per heavy atom. The van der Waals surface area contributed by atoms with E-state index in [0.717, 1.165) is 12.7 Å². The maximum atomic E-state index is 10.7. The number of aldehydes is 1. The molecule has 0 bridgehead atoms. The van der Waals surface area contributed by atoms with Crippen LogP contribution in [0.2, 0.25) is 0 Å². The molecule has 1 rings (SSSR count). The average molecular weight is 232 g/mol. The molecular formula is C11H20OS2. The topological polar surface area (TPSA) is 17.1 Å². The first-order valence-corrected chi connectivity index (χ1v) is 7.41. The molecule has 0 aromatic heterocycles. The van der Waals surface area contributed by atoms with Crippen LogP contribution in [0, 0.1) is 5.92 Å². The van der Waals surface area contributed by atoms with Crippen molar-refractivity contribution >= 4 is 29.8 Å². The molecule has 1 nitrogen and oxygen atoms in total. The van der Waals surface area contributed by atoms with E-state index in [1.165, 1.54) is 30.8 Å². The Hall–Kier alpha value is 0.370. The second-order valence-electron chi connectivity index (χ2n) is 3.95. The first-order chi connectivity index (χ1) is 6.73. The molecule has 1 heterocycles. The molecule has 1 aliphatic heterocycles. The van der Waals surface area contributed by atoms with Gasteiger partial charge in [-0.25, -0.2) is 0 Å². The van der Waals surface area contributed by atoms with Gasteiger partial charge in [-0.1, -0.05) is 13.3 Å². The van der Waals surface area contributed by atoms with E-state index < -0.39 is 0 Å². The van der Waals surface area contributed by atoms with Crippen LogP contribution in [0.1, 0.15) is 39.5 Å². The van der Waals surface area contributed by atoms with Gasteiger partial charge >= 0.3 is 0 Å². The Labute approximate surface area is 95.8 Å². The number of carbonyl (C=O) groups is 1. The molecule has 1 fully saturated rings. The number of carbonyl (C=O) groups excluding carboxylic acids is 1. The lowest BCUT2D eigenvalue weighted by Gasteiger charge is -2.38. The van der Waals surface area contributed by atoms with Crippen molar-refractivity contribution in [2.75, 3.05) is 11.5 Å².